The van der Waals surface area contributed by atoms with Crippen molar-refractivity contribution in [2.24, 2.45) is 0 Å². The van der Waals surface area contributed by atoms with E-state index in [2.05, 4.69) is 4.90 Å². The van der Waals surface area contributed by atoms with Gasteiger partial charge in [0.25, 0.3) is 0 Å². The molecular formula is C17H26N2O3. The first-order valence-electron chi connectivity index (χ1n) is 7.97. The molecule has 1 aromatic carbocycles. The molecule has 0 aliphatic carbocycles. The van der Waals surface area contributed by atoms with Crippen molar-refractivity contribution in [1.29, 1.82) is 0 Å². The third-order valence-corrected chi connectivity index (χ3v) is 4.22. The molecule has 1 aliphatic rings. The van der Waals surface area contributed by atoms with E-state index in [0.29, 0.717) is 12.6 Å². The number of carbonyl (C=O) groups is 1. The maximum absolute atomic E-state index is 10.8. The molecule has 5 heteroatoms. The number of aliphatic carboxylic acids is 1. The quantitative estimate of drug-likeness (QED) is 0.834. The molecule has 0 spiro atoms. The largest absolute Gasteiger partial charge is 0.492 e. The van der Waals surface area contributed by atoms with Gasteiger partial charge in [0, 0.05) is 12.6 Å². The van der Waals surface area contributed by atoms with Crippen LogP contribution in [-0.4, -0.2) is 66.8 Å². The highest BCUT2D eigenvalue weighted by molar-refractivity contribution is 5.69. The Balaban J connectivity index is 1.70. The van der Waals surface area contributed by atoms with Crippen LogP contribution in [0.2, 0.25) is 0 Å². The number of likely N-dealkylation sites (tertiary alicyclic amines) is 1. The zero-order valence-corrected chi connectivity index (χ0v) is 13.3. The highest BCUT2D eigenvalue weighted by atomic mass is 16.5. The van der Waals surface area contributed by atoms with Crippen LogP contribution in [0.1, 0.15) is 19.3 Å². The van der Waals surface area contributed by atoms with Gasteiger partial charge in [-0.15, -0.1) is 0 Å². The highest BCUT2D eigenvalue weighted by Gasteiger charge is 2.21. The summed E-state index contributed by atoms with van der Waals surface area (Å²) in [6.07, 6.45) is 3.20. The SMILES string of the molecule is CN(CC(=O)O)C1CCCN(CCOc2ccccc2)CC1. The fourth-order valence-corrected chi connectivity index (χ4v) is 2.95. The van der Waals surface area contributed by atoms with Crippen LogP contribution >= 0.6 is 0 Å². The molecule has 0 bridgehead atoms. The molecule has 122 valence electrons. The summed E-state index contributed by atoms with van der Waals surface area (Å²) in [6, 6.07) is 10.2. The molecule has 22 heavy (non-hydrogen) atoms. The second kappa shape index (κ2) is 8.76. The molecule has 1 aliphatic heterocycles. The summed E-state index contributed by atoms with van der Waals surface area (Å²) in [6.45, 7) is 3.81. The molecule has 0 amide bonds. The number of rotatable bonds is 7. The lowest BCUT2D eigenvalue weighted by atomic mass is 10.1. The molecule has 1 fully saturated rings. The van der Waals surface area contributed by atoms with Crippen molar-refractivity contribution in [3.05, 3.63) is 30.3 Å². The van der Waals surface area contributed by atoms with E-state index in [0.717, 1.165) is 44.6 Å². The fraction of sp³-hybridized carbons (Fsp3) is 0.588. The van der Waals surface area contributed by atoms with Gasteiger partial charge in [0.15, 0.2) is 0 Å². The van der Waals surface area contributed by atoms with Gasteiger partial charge >= 0.3 is 5.97 Å². The lowest BCUT2D eigenvalue weighted by molar-refractivity contribution is -0.138. The van der Waals surface area contributed by atoms with E-state index < -0.39 is 5.97 Å². The van der Waals surface area contributed by atoms with Gasteiger partial charge in [0.2, 0.25) is 0 Å². The maximum Gasteiger partial charge on any atom is 0.317 e. The van der Waals surface area contributed by atoms with Gasteiger partial charge < -0.3 is 9.84 Å². The molecule has 1 heterocycles. The first kappa shape index (κ1) is 16.8. The smallest absolute Gasteiger partial charge is 0.317 e. The average molecular weight is 306 g/mol. The lowest BCUT2D eigenvalue weighted by Crippen LogP contribution is -2.37. The summed E-state index contributed by atoms with van der Waals surface area (Å²) in [5.74, 6) is 0.163. The lowest BCUT2D eigenvalue weighted by Gasteiger charge is -2.25. The van der Waals surface area contributed by atoms with Crippen molar-refractivity contribution >= 4 is 5.97 Å². The molecule has 1 unspecified atom stereocenters. The first-order chi connectivity index (χ1) is 10.6. The first-order valence-corrected chi connectivity index (χ1v) is 7.97. The highest BCUT2D eigenvalue weighted by Crippen LogP contribution is 2.16. The summed E-state index contributed by atoms with van der Waals surface area (Å²) in [4.78, 5) is 15.2. The number of hydrogen-bond donors (Lipinski definition) is 1. The Morgan fingerprint density at radius 3 is 2.82 bits per heavy atom. The van der Waals surface area contributed by atoms with E-state index in [-0.39, 0.29) is 6.54 Å². The Kier molecular flexibility index (Phi) is 6.68. The van der Waals surface area contributed by atoms with Gasteiger partial charge in [0.05, 0.1) is 6.54 Å². The van der Waals surface area contributed by atoms with Gasteiger partial charge in [-0.25, -0.2) is 0 Å². The number of carboxylic acids is 1. The monoisotopic (exact) mass is 306 g/mol. The number of nitrogens with zero attached hydrogens (tertiary/aromatic N) is 2. The molecule has 1 atom stereocenters. The van der Waals surface area contributed by atoms with Crippen molar-refractivity contribution in [1.82, 2.24) is 9.80 Å². The summed E-state index contributed by atoms with van der Waals surface area (Å²) in [7, 11) is 1.91. The molecule has 2 rings (SSSR count). The Bertz CT molecular complexity index is 452. The molecule has 0 saturated carbocycles. The van der Waals surface area contributed by atoms with Crippen LogP contribution in [-0.2, 0) is 4.79 Å². The number of carboxylic acid groups (broad SMARTS) is 1. The van der Waals surface area contributed by atoms with Crippen molar-refractivity contribution in [3.8, 4) is 5.75 Å². The normalized spacial score (nSPS) is 19.8. The minimum atomic E-state index is -0.750. The number of para-hydroxylation sites is 1. The van der Waals surface area contributed by atoms with E-state index in [4.69, 9.17) is 9.84 Å². The third kappa shape index (κ3) is 5.66. The average Bonchev–Trinajstić information content (AvgIpc) is 2.73. The van der Waals surface area contributed by atoms with Crippen molar-refractivity contribution in [2.75, 3.05) is 39.8 Å². The molecule has 0 radical (unpaired) electrons. The van der Waals surface area contributed by atoms with Crippen LogP contribution in [0.25, 0.3) is 0 Å². The van der Waals surface area contributed by atoms with Gasteiger partial charge in [-0.05, 0) is 51.5 Å². The summed E-state index contributed by atoms with van der Waals surface area (Å²) in [5.41, 5.74) is 0. The molecule has 1 saturated heterocycles. The Hall–Kier alpha value is -1.59. The minimum Gasteiger partial charge on any atom is -0.492 e. The third-order valence-electron chi connectivity index (χ3n) is 4.22. The van der Waals surface area contributed by atoms with E-state index in [1.165, 1.54) is 0 Å². The van der Waals surface area contributed by atoms with Crippen molar-refractivity contribution < 1.29 is 14.6 Å². The van der Waals surface area contributed by atoms with Gasteiger partial charge in [-0.1, -0.05) is 18.2 Å². The number of hydrogen-bond acceptors (Lipinski definition) is 4. The zero-order valence-electron chi connectivity index (χ0n) is 13.3. The van der Waals surface area contributed by atoms with Gasteiger partial charge in [-0.3, -0.25) is 14.6 Å². The summed E-state index contributed by atoms with van der Waals surface area (Å²) in [5, 5.41) is 8.89. The van der Waals surface area contributed by atoms with Crippen LogP contribution in [0.4, 0.5) is 0 Å². The Morgan fingerprint density at radius 2 is 2.09 bits per heavy atom. The number of benzene rings is 1. The fourth-order valence-electron chi connectivity index (χ4n) is 2.95. The molecular weight excluding hydrogens is 280 g/mol. The van der Waals surface area contributed by atoms with Crippen LogP contribution in [0.15, 0.2) is 30.3 Å². The molecule has 0 aromatic heterocycles. The van der Waals surface area contributed by atoms with E-state index in [1.54, 1.807) is 0 Å². The van der Waals surface area contributed by atoms with Crippen molar-refractivity contribution in [3.63, 3.8) is 0 Å². The molecule has 1 N–H and O–H groups in total. The number of ether oxygens (including phenoxy) is 1. The predicted octanol–water partition coefficient (Wildman–Crippen LogP) is 1.94. The van der Waals surface area contributed by atoms with Crippen molar-refractivity contribution in [2.45, 2.75) is 25.3 Å². The van der Waals surface area contributed by atoms with Crippen LogP contribution in [0, 0.1) is 0 Å². The molecule has 1 aromatic rings. The Morgan fingerprint density at radius 1 is 1.32 bits per heavy atom. The predicted molar refractivity (Wildman–Crippen MR) is 86.3 cm³/mol. The molecule has 5 nitrogen and oxygen atoms in total. The summed E-state index contributed by atoms with van der Waals surface area (Å²) < 4.78 is 5.75. The van der Waals surface area contributed by atoms with Gasteiger partial charge in [-0.2, -0.15) is 0 Å². The minimum absolute atomic E-state index is 0.127. The van der Waals surface area contributed by atoms with Crippen LogP contribution in [0.5, 0.6) is 5.75 Å². The van der Waals surface area contributed by atoms with E-state index in [9.17, 15) is 4.79 Å². The second-order valence-electron chi connectivity index (χ2n) is 5.90. The van der Waals surface area contributed by atoms with Crippen LogP contribution in [0.3, 0.4) is 0 Å². The zero-order chi connectivity index (χ0) is 15.8. The van der Waals surface area contributed by atoms with E-state index in [1.807, 2.05) is 42.3 Å². The summed E-state index contributed by atoms with van der Waals surface area (Å²) >= 11 is 0. The van der Waals surface area contributed by atoms with Crippen LogP contribution < -0.4 is 4.74 Å². The number of likely N-dealkylation sites (N-methyl/N-ethyl adjacent to an activating group) is 1. The topological polar surface area (TPSA) is 53.0 Å². The van der Waals surface area contributed by atoms with Gasteiger partial charge in [0.1, 0.15) is 12.4 Å². The standard InChI is InChI=1S/C17H26N2O3/c1-18(14-17(20)21)15-6-5-10-19(11-9-15)12-13-22-16-7-3-2-4-8-16/h2-4,7-8,15H,5-6,9-14H2,1H3,(H,20,21). The maximum atomic E-state index is 10.8. The second-order valence-corrected chi connectivity index (χ2v) is 5.90. The van der Waals surface area contributed by atoms with E-state index >= 15 is 0 Å². The Labute approximate surface area is 132 Å².